The third kappa shape index (κ3) is 3.72. The van der Waals surface area contributed by atoms with Crippen LogP contribution in [-0.4, -0.2) is 11.6 Å². The molecule has 0 aromatic carbocycles. The van der Waals surface area contributed by atoms with E-state index in [1.165, 1.54) is 5.57 Å². The highest BCUT2D eigenvalue weighted by atomic mass is 16.6. The molecule has 0 fully saturated rings. The summed E-state index contributed by atoms with van der Waals surface area (Å²) in [6.07, 6.45) is 5.28. The molecule has 0 unspecified atom stereocenters. The second-order valence-electron chi connectivity index (χ2n) is 5.60. The van der Waals surface area contributed by atoms with E-state index in [0.717, 1.165) is 24.8 Å². The normalized spacial score (nSPS) is 24.4. The highest BCUT2D eigenvalue weighted by molar-refractivity contribution is 5.70. The van der Waals surface area contributed by atoms with Crippen LogP contribution in [0.1, 0.15) is 53.4 Å². The smallest absolute Gasteiger partial charge is 0.306 e. The Morgan fingerprint density at radius 2 is 2.24 bits per heavy atom. The maximum absolute atomic E-state index is 11.8. The molecule has 0 bridgehead atoms. The van der Waals surface area contributed by atoms with Gasteiger partial charge >= 0.3 is 5.97 Å². The van der Waals surface area contributed by atoms with Gasteiger partial charge in [-0.1, -0.05) is 32.1 Å². The van der Waals surface area contributed by atoms with Crippen LogP contribution in [0.15, 0.2) is 23.8 Å². The predicted octanol–water partition coefficient (Wildman–Crippen LogP) is 4.02. The molecule has 2 nitrogen and oxygen atoms in total. The van der Waals surface area contributed by atoms with Gasteiger partial charge in [-0.2, -0.15) is 0 Å². The van der Waals surface area contributed by atoms with E-state index in [-0.39, 0.29) is 5.97 Å². The summed E-state index contributed by atoms with van der Waals surface area (Å²) in [5, 5.41) is 0. The zero-order valence-corrected chi connectivity index (χ0v) is 11.5. The zero-order valence-electron chi connectivity index (χ0n) is 11.5. The molecule has 0 aromatic heterocycles. The van der Waals surface area contributed by atoms with E-state index in [0.29, 0.717) is 12.3 Å². The van der Waals surface area contributed by atoms with E-state index in [9.17, 15) is 4.79 Å². The van der Waals surface area contributed by atoms with E-state index in [4.69, 9.17) is 4.74 Å². The molecule has 0 aliphatic heterocycles. The number of rotatable bonds is 4. The maximum Gasteiger partial charge on any atom is 0.306 e. The van der Waals surface area contributed by atoms with Gasteiger partial charge in [0.25, 0.3) is 0 Å². The molecular weight excluding hydrogens is 212 g/mol. The molecule has 1 atom stereocenters. The lowest BCUT2D eigenvalue weighted by atomic mass is 9.81. The lowest BCUT2D eigenvalue weighted by Crippen LogP contribution is -2.37. The summed E-state index contributed by atoms with van der Waals surface area (Å²) in [4.78, 5) is 11.8. The Kier molecular flexibility index (Phi) is 4.55. The van der Waals surface area contributed by atoms with Gasteiger partial charge in [-0.05, 0) is 38.2 Å². The first kappa shape index (κ1) is 14.0. The van der Waals surface area contributed by atoms with Crippen LogP contribution in [0, 0.1) is 5.92 Å². The molecule has 1 aliphatic carbocycles. The third-order valence-corrected chi connectivity index (χ3v) is 3.37. The fourth-order valence-corrected chi connectivity index (χ4v) is 2.10. The minimum Gasteiger partial charge on any atom is -0.454 e. The zero-order chi connectivity index (χ0) is 13.1. The summed E-state index contributed by atoms with van der Waals surface area (Å²) >= 11 is 0. The van der Waals surface area contributed by atoms with Crippen LogP contribution in [0.2, 0.25) is 0 Å². The number of hydrogen-bond donors (Lipinski definition) is 0. The summed E-state index contributed by atoms with van der Waals surface area (Å²) in [6, 6.07) is 0. The summed E-state index contributed by atoms with van der Waals surface area (Å²) < 4.78 is 5.72. The molecule has 0 spiro atoms. The van der Waals surface area contributed by atoms with Gasteiger partial charge in [0.15, 0.2) is 0 Å². The third-order valence-electron chi connectivity index (χ3n) is 3.37. The number of ether oxygens (including phenoxy) is 1. The molecule has 0 radical (unpaired) electrons. The molecule has 0 aromatic rings. The van der Waals surface area contributed by atoms with Crippen molar-refractivity contribution in [1.82, 2.24) is 0 Å². The lowest BCUT2D eigenvalue weighted by Gasteiger charge is -2.36. The van der Waals surface area contributed by atoms with Crippen molar-refractivity contribution < 1.29 is 9.53 Å². The van der Waals surface area contributed by atoms with Crippen molar-refractivity contribution in [2.75, 3.05) is 0 Å². The molecule has 0 amide bonds. The van der Waals surface area contributed by atoms with Crippen LogP contribution in [-0.2, 0) is 9.53 Å². The Labute approximate surface area is 105 Å². The summed E-state index contributed by atoms with van der Waals surface area (Å²) in [6.45, 7) is 12.1. The van der Waals surface area contributed by atoms with Gasteiger partial charge in [0.05, 0.1) is 0 Å². The van der Waals surface area contributed by atoms with Crippen molar-refractivity contribution in [3.63, 3.8) is 0 Å². The average Bonchev–Trinajstić information content (AvgIpc) is 2.20. The predicted molar refractivity (Wildman–Crippen MR) is 70.7 cm³/mol. The first-order valence-corrected chi connectivity index (χ1v) is 6.39. The topological polar surface area (TPSA) is 26.3 Å². The largest absolute Gasteiger partial charge is 0.454 e. The van der Waals surface area contributed by atoms with E-state index in [2.05, 4.69) is 19.6 Å². The summed E-state index contributed by atoms with van der Waals surface area (Å²) in [7, 11) is 0. The second-order valence-corrected chi connectivity index (χ2v) is 5.60. The molecular formula is C15H24O2. The summed E-state index contributed by atoms with van der Waals surface area (Å²) in [5.41, 5.74) is 1.88. The Balaban J connectivity index is 2.74. The molecule has 0 saturated carbocycles. The fourth-order valence-electron chi connectivity index (χ4n) is 2.10. The molecule has 0 N–H and O–H groups in total. The van der Waals surface area contributed by atoms with E-state index >= 15 is 0 Å². The first-order chi connectivity index (χ1) is 7.85. The van der Waals surface area contributed by atoms with Gasteiger partial charge in [-0.25, -0.2) is 0 Å². The number of esters is 1. The van der Waals surface area contributed by atoms with Crippen LogP contribution < -0.4 is 0 Å². The van der Waals surface area contributed by atoms with E-state index in [1.54, 1.807) is 0 Å². The first-order valence-electron chi connectivity index (χ1n) is 6.39. The maximum atomic E-state index is 11.8. The van der Waals surface area contributed by atoms with Gasteiger partial charge in [-0.3, -0.25) is 4.79 Å². The number of carbonyl (C=O) groups is 1. The highest BCUT2D eigenvalue weighted by Crippen LogP contribution is 2.36. The van der Waals surface area contributed by atoms with Crippen LogP contribution in [0.4, 0.5) is 0 Å². The van der Waals surface area contributed by atoms with Crippen molar-refractivity contribution in [2.24, 2.45) is 5.92 Å². The molecule has 0 saturated heterocycles. The SMILES string of the molecule is C=C(C)[C@@]1(OC(=O)CC(C)C)CC=C(C)CC1. The number of carbonyl (C=O) groups excluding carboxylic acids is 1. The van der Waals surface area contributed by atoms with Crippen molar-refractivity contribution in [3.05, 3.63) is 23.8 Å². The molecule has 1 aliphatic rings. The standard InChI is InChI=1S/C15H24O2/c1-11(2)10-14(16)17-15(12(3)4)8-6-13(5)7-9-15/h6,11H,3,7-10H2,1-2,4-5H3/t15-/m1/s1. The fraction of sp³-hybridized carbons (Fsp3) is 0.667. The second kappa shape index (κ2) is 5.52. The van der Waals surface area contributed by atoms with Gasteiger partial charge in [0.1, 0.15) is 5.60 Å². The Morgan fingerprint density at radius 1 is 1.59 bits per heavy atom. The Bertz CT molecular complexity index is 339. The van der Waals surface area contributed by atoms with Crippen molar-refractivity contribution in [3.8, 4) is 0 Å². The molecule has 17 heavy (non-hydrogen) atoms. The van der Waals surface area contributed by atoms with Gasteiger partial charge < -0.3 is 4.74 Å². The monoisotopic (exact) mass is 236 g/mol. The minimum atomic E-state index is -0.453. The average molecular weight is 236 g/mol. The van der Waals surface area contributed by atoms with Crippen LogP contribution >= 0.6 is 0 Å². The van der Waals surface area contributed by atoms with Crippen LogP contribution in [0.25, 0.3) is 0 Å². The van der Waals surface area contributed by atoms with E-state index in [1.807, 2.05) is 20.8 Å². The highest BCUT2D eigenvalue weighted by Gasteiger charge is 2.36. The van der Waals surface area contributed by atoms with E-state index < -0.39 is 5.60 Å². The van der Waals surface area contributed by atoms with Gasteiger partial charge in [0.2, 0.25) is 0 Å². The summed E-state index contributed by atoms with van der Waals surface area (Å²) in [5.74, 6) is 0.237. The van der Waals surface area contributed by atoms with Crippen molar-refractivity contribution in [1.29, 1.82) is 0 Å². The number of allylic oxidation sites excluding steroid dienone is 1. The van der Waals surface area contributed by atoms with Crippen molar-refractivity contribution >= 4 is 5.97 Å². The minimum absolute atomic E-state index is 0.101. The number of hydrogen-bond acceptors (Lipinski definition) is 2. The quantitative estimate of drug-likeness (QED) is 0.544. The van der Waals surface area contributed by atoms with Crippen LogP contribution in [0.3, 0.4) is 0 Å². The molecule has 0 heterocycles. The lowest BCUT2D eigenvalue weighted by molar-refractivity contribution is -0.157. The Morgan fingerprint density at radius 3 is 2.65 bits per heavy atom. The molecule has 1 rings (SSSR count). The van der Waals surface area contributed by atoms with Crippen molar-refractivity contribution in [2.45, 2.75) is 59.0 Å². The molecule has 2 heteroatoms. The van der Waals surface area contributed by atoms with Gasteiger partial charge in [0, 0.05) is 12.8 Å². The van der Waals surface area contributed by atoms with Gasteiger partial charge in [-0.15, -0.1) is 0 Å². The Hall–Kier alpha value is -1.05. The van der Waals surface area contributed by atoms with Crippen LogP contribution in [0.5, 0.6) is 0 Å². The molecule has 96 valence electrons.